The van der Waals surface area contributed by atoms with Gasteiger partial charge in [-0.1, -0.05) is 0 Å². The quantitative estimate of drug-likeness (QED) is 0.764. The van der Waals surface area contributed by atoms with Gasteiger partial charge in [0.25, 0.3) is 0 Å². The van der Waals surface area contributed by atoms with Crippen LogP contribution in [0, 0.1) is 5.41 Å². The van der Waals surface area contributed by atoms with Gasteiger partial charge in [-0.15, -0.1) is 22.9 Å². The number of hydrogen-bond acceptors (Lipinski definition) is 2. The first-order chi connectivity index (χ1) is 7.24. The highest BCUT2D eigenvalue weighted by Gasteiger charge is 2.32. The normalized spacial score (nSPS) is 20.4. The van der Waals surface area contributed by atoms with Crippen LogP contribution in [0.3, 0.4) is 0 Å². The van der Waals surface area contributed by atoms with Gasteiger partial charge in [0.15, 0.2) is 0 Å². The second-order valence-corrected chi connectivity index (χ2v) is 6.94. The average molecular weight is 310 g/mol. The van der Waals surface area contributed by atoms with Crippen LogP contribution in [-0.4, -0.2) is 19.1 Å². The summed E-state index contributed by atoms with van der Waals surface area (Å²) in [7, 11) is 0. The third-order valence-electron chi connectivity index (χ3n) is 3.02. The molecular weight excluding hydrogens is 296 g/mol. The van der Waals surface area contributed by atoms with Crippen molar-refractivity contribution in [2.75, 3.05) is 19.1 Å². The van der Waals surface area contributed by atoms with E-state index in [9.17, 15) is 0 Å². The third-order valence-corrected chi connectivity index (χ3v) is 5.21. The molecule has 1 aromatic heterocycles. The van der Waals surface area contributed by atoms with Crippen molar-refractivity contribution in [3.63, 3.8) is 0 Å². The smallest absolute Gasteiger partial charge is 0.0701 e. The Morgan fingerprint density at radius 3 is 2.67 bits per heavy atom. The fourth-order valence-electron chi connectivity index (χ4n) is 1.98. The number of alkyl halides is 1. The summed E-state index contributed by atoms with van der Waals surface area (Å²) in [5.41, 5.74) is 0.268. The van der Waals surface area contributed by atoms with Gasteiger partial charge in [0.1, 0.15) is 0 Å². The molecule has 0 bridgehead atoms. The highest BCUT2D eigenvalue weighted by molar-refractivity contribution is 9.11. The molecule has 4 heteroatoms. The molecule has 2 heterocycles. The Labute approximate surface area is 108 Å². The van der Waals surface area contributed by atoms with Crippen LogP contribution in [0.4, 0.5) is 0 Å². The monoisotopic (exact) mass is 308 g/mol. The second kappa shape index (κ2) is 5.17. The summed E-state index contributed by atoms with van der Waals surface area (Å²) in [6.45, 7) is 1.72. The predicted octanol–water partition coefficient (Wildman–Crippen LogP) is 4.09. The number of hydrogen-bond donors (Lipinski definition) is 0. The van der Waals surface area contributed by atoms with Gasteiger partial charge in [-0.05, 0) is 52.7 Å². The zero-order valence-electron chi connectivity index (χ0n) is 8.47. The van der Waals surface area contributed by atoms with Crippen molar-refractivity contribution < 1.29 is 4.74 Å². The number of ether oxygens (including phenoxy) is 1. The van der Waals surface area contributed by atoms with E-state index in [2.05, 4.69) is 28.1 Å². The summed E-state index contributed by atoms with van der Waals surface area (Å²) in [6.07, 6.45) is 3.27. The molecule has 0 N–H and O–H groups in total. The molecule has 0 aromatic carbocycles. The highest BCUT2D eigenvalue weighted by atomic mass is 79.9. The van der Waals surface area contributed by atoms with Crippen LogP contribution in [0.1, 0.15) is 17.7 Å². The van der Waals surface area contributed by atoms with Gasteiger partial charge in [-0.25, -0.2) is 0 Å². The van der Waals surface area contributed by atoms with Crippen molar-refractivity contribution in [3.8, 4) is 0 Å². The van der Waals surface area contributed by atoms with Gasteiger partial charge >= 0.3 is 0 Å². The standard InChI is InChI=1S/C11H14BrClOS/c12-10-2-1-9(15-10)7-11(8-13)3-5-14-6-4-11/h1-2H,3-8H2. The van der Waals surface area contributed by atoms with Crippen LogP contribution >= 0.6 is 38.9 Å². The van der Waals surface area contributed by atoms with Crippen LogP contribution in [0.5, 0.6) is 0 Å². The van der Waals surface area contributed by atoms with Crippen LogP contribution in [-0.2, 0) is 11.2 Å². The zero-order valence-corrected chi connectivity index (χ0v) is 11.6. The predicted molar refractivity (Wildman–Crippen MR) is 68.9 cm³/mol. The topological polar surface area (TPSA) is 9.23 Å². The molecule has 0 unspecified atom stereocenters. The summed E-state index contributed by atoms with van der Waals surface area (Å²) in [6, 6.07) is 4.31. The summed E-state index contributed by atoms with van der Waals surface area (Å²) in [5.74, 6) is 0.742. The Bertz CT molecular complexity index is 320. The van der Waals surface area contributed by atoms with Gasteiger partial charge < -0.3 is 4.74 Å². The van der Waals surface area contributed by atoms with Crippen molar-refractivity contribution in [1.29, 1.82) is 0 Å². The SMILES string of the molecule is ClCC1(Cc2ccc(Br)s2)CCOCC1. The highest BCUT2D eigenvalue weighted by Crippen LogP contribution is 2.37. The molecule has 1 aliphatic rings. The lowest BCUT2D eigenvalue weighted by molar-refractivity contribution is 0.0261. The van der Waals surface area contributed by atoms with Crippen LogP contribution < -0.4 is 0 Å². The van der Waals surface area contributed by atoms with E-state index in [4.69, 9.17) is 16.3 Å². The molecule has 0 radical (unpaired) electrons. The van der Waals surface area contributed by atoms with E-state index in [0.29, 0.717) is 0 Å². The van der Waals surface area contributed by atoms with Crippen LogP contribution in [0.2, 0.25) is 0 Å². The van der Waals surface area contributed by atoms with Crippen molar-refractivity contribution in [2.24, 2.45) is 5.41 Å². The molecule has 0 saturated carbocycles. The molecule has 15 heavy (non-hydrogen) atoms. The minimum absolute atomic E-state index is 0.268. The lowest BCUT2D eigenvalue weighted by Gasteiger charge is -2.35. The molecule has 1 saturated heterocycles. The van der Waals surface area contributed by atoms with Gasteiger partial charge in [-0.2, -0.15) is 0 Å². The van der Waals surface area contributed by atoms with Crippen molar-refractivity contribution in [3.05, 3.63) is 20.8 Å². The molecule has 2 rings (SSSR count). The lowest BCUT2D eigenvalue weighted by Crippen LogP contribution is -2.33. The number of halogens is 2. The number of thiophene rings is 1. The summed E-state index contributed by atoms with van der Waals surface area (Å²) in [5, 5.41) is 0. The van der Waals surface area contributed by atoms with Crippen molar-refractivity contribution in [2.45, 2.75) is 19.3 Å². The molecule has 0 amide bonds. The second-order valence-electron chi connectivity index (χ2n) is 4.13. The lowest BCUT2D eigenvalue weighted by atomic mass is 9.79. The summed E-state index contributed by atoms with van der Waals surface area (Å²) >= 11 is 11.4. The molecule has 1 aromatic rings. The van der Waals surface area contributed by atoms with E-state index < -0.39 is 0 Å². The summed E-state index contributed by atoms with van der Waals surface area (Å²) < 4.78 is 6.61. The van der Waals surface area contributed by atoms with Crippen LogP contribution in [0.15, 0.2) is 15.9 Å². The van der Waals surface area contributed by atoms with Crippen molar-refractivity contribution in [1.82, 2.24) is 0 Å². The first kappa shape index (κ1) is 11.9. The van der Waals surface area contributed by atoms with Gasteiger partial charge in [0.2, 0.25) is 0 Å². The molecule has 0 atom stereocenters. The zero-order chi connectivity index (χ0) is 10.7. The third kappa shape index (κ3) is 2.96. The van der Waals surface area contributed by atoms with E-state index >= 15 is 0 Å². The molecule has 84 valence electrons. The molecule has 0 spiro atoms. The first-order valence-corrected chi connectivity index (χ1v) is 7.26. The largest absolute Gasteiger partial charge is 0.381 e. The maximum atomic E-state index is 6.13. The Hall–Kier alpha value is 0.430. The van der Waals surface area contributed by atoms with Crippen LogP contribution in [0.25, 0.3) is 0 Å². The van der Waals surface area contributed by atoms with E-state index in [-0.39, 0.29) is 5.41 Å². The number of rotatable bonds is 3. The Kier molecular flexibility index (Phi) is 4.10. The minimum atomic E-state index is 0.268. The van der Waals surface area contributed by atoms with Gasteiger partial charge in [0.05, 0.1) is 3.79 Å². The van der Waals surface area contributed by atoms with Crippen molar-refractivity contribution >= 4 is 38.9 Å². The van der Waals surface area contributed by atoms with E-state index in [0.717, 1.165) is 38.4 Å². The molecule has 1 aliphatic heterocycles. The summed E-state index contributed by atoms with van der Waals surface area (Å²) in [4.78, 5) is 1.42. The fourth-order valence-corrected chi connectivity index (χ4v) is 4.00. The Morgan fingerprint density at radius 1 is 1.40 bits per heavy atom. The molecule has 1 nitrogen and oxygen atoms in total. The average Bonchev–Trinajstić information content (AvgIpc) is 2.65. The first-order valence-electron chi connectivity index (χ1n) is 5.12. The fraction of sp³-hybridized carbons (Fsp3) is 0.636. The minimum Gasteiger partial charge on any atom is -0.381 e. The Balaban J connectivity index is 2.06. The Morgan fingerprint density at radius 2 is 2.13 bits per heavy atom. The van der Waals surface area contributed by atoms with E-state index in [1.807, 2.05) is 11.3 Å². The maximum Gasteiger partial charge on any atom is 0.0701 e. The van der Waals surface area contributed by atoms with Gasteiger partial charge in [0, 0.05) is 24.0 Å². The molecular formula is C11H14BrClOS. The van der Waals surface area contributed by atoms with E-state index in [1.54, 1.807) is 0 Å². The van der Waals surface area contributed by atoms with Gasteiger partial charge in [-0.3, -0.25) is 0 Å². The maximum absolute atomic E-state index is 6.13. The molecule has 0 aliphatic carbocycles. The van der Waals surface area contributed by atoms with E-state index in [1.165, 1.54) is 8.66 Å². The molecule has 1 fully saturated rings.